The lowest BCUT2D eigenvalue weighted by atomic mass is 10.2. The molecule has 0 bridgehead atoms. The van der Waals surface area contributed by atoms with Crippen molar-refractivity contribution in [3.05, 3.63) is 59.3 Å². The highest BCUT2D eigenvalue weighted by atomic mass is 32.2. The molecule has 0 saturated carbocycles. The van der Waals surface area contributed by atoms with Crippen LogP contribution in [0.15, 0.2) is 53.4 Å². The van der Waals surface area contributed by atoms with Gasteiger partial charge >= 0.3 is 0 Å². The molecular weight excluding hydrogens is 386 g/mol. The van der Waals surface area contributed by atoms with E-state index in [9.17, 15) is 18.4 Å². The maximum atomic E-state index is 12.3. The van der Waals surface area contributed by atoms with Crippen LogP contribution in [0.25, 0.3) is 0 Å². The number of benzene rings is 2. The first kappa shape index (κ1) is 20.2. The molecule has 1 atom stereocenters. The Morgan fingerprint density at radius 2 is 2.00 bits per heavy atom. The van der Waals surface area contributed by atoms with Crippen LogP contribution in [0.5, 0.6) is 0 Å². The lowest BCUT2D eigenvalue weighted by molar-refractivity contribution is 0.102. The fraction of sp³-hybridized carbons (Fsp3) is 0.278. The summed E-state index contributed by atoms with van der Waals surface area (Å²) in [5.41, 5.74) is 0.523. The number of carbonyl (C=O) groups is 1. The topological polar surface area (TPSA) is 131 Å². The van der Waals surface area contributed by atoms with E-state index in [1.165, 1.54) is 42.5 Å². The fourth-order valence-electron chi connectivity index (χ4n) is 2.78. The summed E-state index contributed by atoms with van der Waals surface area (Å²) in [6, 6.07) is 11.2. The number of rotatable bonds is 7. The molecule has 28 heavy (non-hydrogen) atoms. The van der Waals surface area contributed by atoms with E-state index in [0.29, 0.717) is 12.3 Å². The average Bonchev–Trinajstić information content (AvgIpc) is 3.20. The van der Waals surface area contributed by atoms with Gasteiger partial charge in [0.1, 0.15) is 0 Å². The van der Waals surface area contributed by atoms with Crippen LogP contribution >= 0.6 is 0 Å². The van der Waals surface area contributed by atoms with Crippen LogP contribution < -0.4 is 15.3 Å². The van der Waals surface area contributed by atoms with Crippen LogP contribution in [0, 0.1) is 5.21 Å². The Morgan fingerprint density at radius 3 is 2.64 bits per heavy atom. The molecule has 3 N–H and O–H groups in total. The van der Waals surface area contributed by atoms with Crippen LogP contribution in [0.2, 0.25) is 0 Å². The highest BCUT2D eigenvalue weighted by molar-refractivity contribution is 7.89. The summed E-state index contributed by atoms with van der Waals surface area (Å²) in [6.45, 7) is 0.854. The predicted octanol–water partition coefficient (Wildman–Crippen LogP) is 2.09. The molecular formula is C18H20N3O6S-. The van der Waals surface area contributed by atoms with Gasteiger partial charge < -0.3 is 20.5 Å². The number of carbonyl (C=O) groups excluding carboxylic acids is 1. The van der Waals surface area contributed by atoms with Crippen molar-refractivity contribution in [3.63, 3.8) is 0 Å². The molecule has 1 amide bonds. The van der Waals surface area contributed by atoms with Gasteiger partial charge in [0, 0.05) is 24.4 Å². The van der Waals surface area contributed by atoms with E-state index in [-0.39, 0.29) is 34.0 Å². The summed E-state index contributed by atoms with van der Waals surface area (Å²) in [4.78, 5) is 12.4. The molecule has 10 heteroatoms. The second kappa shape index (κ2) is 8.67. The second-order valence-electron chi connectivity index (χ2n) is 6.29. The molecule has 3 rings (SSSR count). The van der Waals surface area contributed by atoms with Crippen LogP contribution in [0.1, 0.15) is 23.2 Å². The van der Waals surface area contributed by atoms with Crippen molar-refractivity contribution in [1.29, 1.82) is 0 Å². The minimum atomic E-state index is -3.69. The standard InChI is InChI=1S/C18H20N3O6S/c22-18(20-14-3-1-4-15(11-14)21(23)24)13-6-8-17(9-7-13)28(25,26)19-12-16-5-2-10-27-16/h1,3-4,6-9,11,16,19,23H,2,5,10,12H2,(H,20,22)/q-1. The first-order valence-electron chi connectivity index (χ1n) is 8.64. The third-order valence-electron chi connectivity index (χ3n) is 4.28. The van der Waals surface area contributed by atoms with Gasteiger partial charge in [-0.15, -0.1) is 0 Å². The minimum Gasteiger partial charge on any atom is -0.733 e. The Balaban J connectivity index is 1.64. The molecule has 9 nitrogen and oxygen atoms in total. The van der Waals surface area contributed by atoms with E-state index in [4.69, 9.17) is 9.94 Å². The monoisotopic (exact) mass is 406 g/mol. The lowest BCUT2D eigenvalue weighted by Gasteiger charge is -2.22. The van der Waals surface area contributed by atoms with Crippen molar-refractivity contribution in [3.8, 4) is 0 Å². The van der Waals surface area contributed by atoms with Crippen molar-refractivity contribution in [2.24, 2.45) is 0 Å². The van der Waals surface area contributed by atoms with Crippen LogP contribution in [0.3, 0.4) is 0 Å². The minimum absolute atomic E-state index is 0.0310. The van der Waals surface area contributed by atoms with E-state index in [1.807, 2.05) is 0 Å². The average molecular weight is 406 g/mol. The Kier molecular flexibility index (Phi) is 6.27. The van der Waals surface area contributed by atoms with Crippen molar-refractivity contribution >= 4 is 27.3 Å². The number of ether oxygens (including phenoxy) is 1. The molecule has 2 aromatic carbocycles. The lowest BCUT2D eigenvalue weighted by Crippen LogP contribution is -2.31. The van der Waals surface area contributed by atoms with Crippen molar-refractivity contribution < 1.29 is 23.2 Å². The molecule has 0 radical (unpaired) electrons. The Labute approximate surface area is 162 Å². The van der Waals surface area contributed by atoms with Crippen molar-refractivity contribution in [1.82, 2.24) is 4.72 Å². The predicted molar refractivity (Wildman–Crippen MR) is 103 cm³/mol. The highest BCUT2D eigenvalue weighted by Gasteiger charge is 2.20. The summed E-state index contributed by atoms with van der Waals surface area (Å²) in [5.74, 6) is -0.483. The summed E-state index contributed by atoms with van der Waals surface area (Å²) in [5, 5.41) is 22.1. The third kappa shape index (κ3) is 5.06. The first-order valence-corrected chi connectivity index (χ1v) is 10.1. The zero-order chi connectivity index (χ0) is 20.1. The van der Waals surface area contributed by atoms with E-state index in [1.54, 1.807) is 6.07 Å². The van der Waals surface area contributed by atoms with Crippen molar-refractivity contribution in [2.75, 3.05) is 23.7 Å². The van der Waals surface area contributed by atoms with Gasteiger partial charge in [0.05, 0.1) is 16.7 Å². The van der Waals surface area contributed by atoms with E-state index in [0.717, 1.165) is 12.8 Å². The molecule has 0 aliphatic carbocycles. The van der Waals surface area contributed by atoms with E-state index < -0.39 is 15.9 Å². The SMILES string of the molecule is O=C(Nc1cccc(N([O-])O)c1)c1ccc(S(=O)(=O)NCC2CCCO2)cc1. The zero-order valence-electron chi connectivity index (χ0n) is 14.9. The van der Waals surface area contributed by atoms with Gasteiger partial charge in [-0.3, -0.25) is 10.0 Å². The number of nitrogens with zero attached hydrogens (tertiary/aromatic N) is 1. The van der Waals surface area contributed by atoms with E-state index >= 15 is 0 Å². The number of hydrogen-bond donors (Lipinski definition) is 3. The second-order valence-corrected chi connectivity index (χ2v) is 8.06. The number of nitrogens with one attached hydrogen (secondary N) is 2. The molecule has 1 heterocycles. The zero-order valence-corrected chi connectivity index (χ0v) is 15.7. The summed E-state index contributed by atoms with van der Waals surface area (Å²) < 4.78 is 32.6. The summed E-state index contributed by atoms with van der Waals surface area (Å²) >= 11 is 0. The molecule has 1 aliphatic heterocycles. The smallest absolute Gasteiger partial charge is 0.255 e. The van der Waals surface area contributed by atoms with Gasteiger partial charge in [0.2, 0.25) is 10.0 Å². The maximum Gasteiger partial charge on any atom is 0.255 e. The Hall–Kier alpha value is -2.50. The van der Waals surface area contributed by atoms with Crippen LogP contribution in [-0.4, -0.2) is 38.8 Å². The normalized spacial score (nSPS) is 16.7. The number of anilines is 2. The molecule has 1 saturated heterocycles. The quantitative estimate of drug-likeness (QED) is 0.600. The van der Waals surface area contributed by atoms with Crippen molar-refractivity contribution in [2.45, 2.75) is 23.8 Å². The molecule has 0 aromatic heterocycles. The molecule has 1 fully saturated rings. The van der Waals surface area contributed by atoms with Crippen LogP contribution in [-0.2, 0) is 14.8 Å². The van der Waals surface area contributed by atoms with Gasteiger partial charge in [-0.05, 0) is 55.3 Å². The molecule has 150 valence electrons. The van der Waals surface area contributed by atoms with Gasteiger partial charge in [-0.25, -0.2) is 13.1 Å². The summed E-state index contributed by atoms with van der Waals surface area (Å²) in [6.07, 6.45) is 1.63. The summed E-state index contributed by atoms with van der Waals surface area (Å²) in [7, 11) is -3.69. The van der Waals surface area contributed by atoms with Gasteiger partial charge in [0.15, 0.2) is 0 Å². The highest BCUT2D eigenvalue weighted by Crippen LogP contribution is 2.19. The van der Waals surface area contributed by atoms with Gasteiger partial charge in [-0.2, -0.15) is 0 Å². The Morgan fingerprint density at radius 1 is 1.25 bits per heavy atom. The first-order chi connectivity index (χ1) is 13.3. The van der Waals surface area contributed by atoms with E-state index in [2.05, 4.69) is 10.0 Å². The molecule has 0 spiro atoms. The number of hydrogen-bond acceptors (Lipinski definition) is 7. The van der Waals surface area contributed by atoms with Gasteiger partial charge in [-0.1, -0.05) is 6.07 Å². The van der Waals surface area contributed by atoms with Crippen LogP contribution in [0.4, 0.5) is 11.4 Å². The molecule has 1 unspecified atom stereocenters. The molecule has 1 aliphatic rings. The maximum absolute atomic E-state index is 12.3. The Bertz CT molecular complexity index is 925. The fourth-order valence-corrected chi connectivity index (χ4v) is 3.85. The third-order valence-corrected chi connectivity index (χ3v) is 5.72. The molecule has 2 aromatic rings. The number of sulfonamides is 1. The number of amides is 1. The van der Waals surface area contributed by atoms with Gasteiger partial charge in [0.25, 0.3) is 5.91 Å². The largest absolute Gasteiger partial charge is 0.733 e.